The van der Waals surface area contributed by atoms with Gasteiger partial charge in [0.1, 0.15) is 22.9 Å². The van der Waals surface area contributed by atoms with E-state index in [4.69, 9.17) is 14.2 Å². The third kappa shape index (κ3) is 7.42. The second kappa shape index (κ2) is 11.9. The van der Waals surface area contributed by atoms with Crippen molar-refractivity contribution in [1.82, 2.24) is 4.90 Å². The van der Waals surface area contributed by atoms with Crippen LogP contribution in [0, 0.1) is 11.7 Å². The van der Waals surface area contributed by atoms with E-state index in [1.54, 1.807) is 30.2 Å². The minimum absolute atomic E-state index is 0.219. The largest absolute Gasteiger partial charge is 0.457 e. The molecular formula is C28H38FNO5. The molecule has 0 radical (unpaired) electrons. The predicted molar refractivity (Wildman–Crippen MR) is 133 cm³/mol. The lowest BCUT2D eigenvalue weighted by Crippen LogP contribution is -2.49. The minimum Gasteiger partial charge on any atom is -0.457 e. The van der Waals surface area contributed by atoms with Crippen molar-refractivity contribution >= 4 is 6.09 Å². The summed E-state index contributed by atoms with van der Waals surface area (Å²) in [5, 5.41) is 12.3. The van der Waals surface area contributed by atoms with E-state index in [-0.39, 0.29) is 12.0 Å². The van der Waals surface area contributed by atoms with E-state index >= 15 is 0 Å². The summed E-state index contributed by atoms with van der Waals surface area (Å²) in [7, 11) is 1.66. The number of hydrogen-bond acceptors (Lipinski definition) is 5. The molecule has 1 aliphatic heterocycles. The van der Waals surface area contributed by atoms with Gasteiger partial charge < -0.3 is 24.2 Å². The Morgan fingerprint density at radius 3 is 2.63 bits per heavy atom. The zero-order chi connectivity index (χ0) is 25.5. The molecule has 0 aliphatic carbocycles. The lowest BCUT2D eigenvalue weighted by atomic mass is 9.73. The third-order valence-corrected chi connectivity index (χ3v) is 6.28. The maximum absolute atomic E-state index is 13.8. The van der Waals surface area contributed by atoms with E-state index < -0.39 is 17.0 Å². The summed E-state index contributed by atoms with van der Waals surface area (Å²) in [5.41, 5.74) is -1.21. The molecule has 6 nitrogen and oxygen atoms in total. The van der Waals surface area contributed by atoms with E-state index in [0.717, 1.165) is 25.7 Å². The molecule has 3 rings (SSSR count). The van der Waals surface area contributed by atoms with Crippen LogP contribution in [0.5, 0.6) is 11.5 Å². The molecule has 1 fully saturated rings. The standard InChI is InChI=1S/C28H38FNO5/c1-27(2,3)35-26(31)30-17-10-11-21(20-30)28(32,16-7-8-18-33-4)24-14-5-6-15-25(24)34-23-13-9-12-22(29)19-23/h5-6,9,12-15,19,21,32H,7-8,10-11,16-18,20H2,1-4H3/t21?,28-/m0/s1. The Balaban J connectivity index is 1.91. The molecule has 1 N–H and O–H groups in total. The van der Waals surface area contributed by atoms with Crippen LogP contribution in [-0.4, -0.2) is 48.5 Å². The van der Waals surface area contributed by atoms with E-state index in [9.17, 15) is 14.3 Å². The highest BCUT2D eigenvalue weighted by Gasteiger charge is 2.43. The van der Waals surface area contributed by atoms with Gasteiger partial charge in [0.25, 0.3) is 0 Å². The number of carbonyl (C=O) groups is 1. The Bertz CT molecular complexity index is 976. The maximum Gasteiger partial charge on any atom is 0.410 e. The van der Waals surface area contributed by atoms with Crippen molar-refractivity contribution in [3.63, 3.8) is 0 Å². The molecule has 1 heterocycles. The number of nitrogens with zero attached hydrogens (tertiary/aromatic N) is 1. The number of hydrogen-bond donors (Lipinski definition) is 1. The van der Waals surface area contributed by atoms with Gasteiger partial charge in [0.2, 0.25) is 0 Å². The molecule has 1 amide bonds. The molecule has 0 aromatic heterocycles. The smallest absolute Gasteiger partial charge is 0.410 e. The first-order chi connectivity index (χ1) is 16.6. The summed E-state index contributed by atoms with van der Waals surface area (Å²) in [6.45, 7) is 7.11. The molecule has 192 valence electrons. The van der Waals surface area contributed by atoms with E-state index in [1.165, 1.54) is 12.1 Å². The van der Waals surface area contributed by atoms with Crippen molar-refractivity contribution in [2.45, 2.75) is 64.1 Å². The molecule has 2 aromatic rings. The van der Waals surface area contributed by atoms with E-state index in [1.807, 2.05) is 39.0 Å². The van der Waals surface area contributed by atoms with Gasteiger partial charge in [-0.25, -0.2) is 9.18 Å². The van der Waals surface area contributed by atoms with Gasteiger partial charge in [0.15, 0.2) is 0 Å². The Morgan fingerprint density at radius 1 is 1.14 bits per heavy atom. The van der Waals surface area contributed by atoms with Crippen LogP contribution in [0.15, 0.2) is 48.5 Å². The van der Waals surface area contributed by atoms with Gasteiger partial charge in [-0.15, -0.1) is 0 Å². The van der Waals surface area contributed by atoms with Crippen LogP contribution < -0.4 is 4.74 Å². The van der Waals surface area contributed by atoms with Crippen LogP contribution in [0.4, 0.5) is 9.18 Å². The first-order valence-corrected chi connectivity index (χ1v) is 12.3. The highest BCUT2D eigenvalue weighted by molar-refractivity contribution is 5.68. The minimum atomic E-state index is -1.25. The van der Waals surface area contributed by atoms with Crippen LogP contribution in [0.3, 0.4) is 0 Å². The number of benzene rings is 2. The second-order valence-electron chi connectivity index (χ2n) is 10.2. The number of carbonyl (C=O) groups excluding carboxylic acids is 1. The number of likely N-dealkylation sites (tertiary alicyclic amines) is 1. The average molecular weight is 488 g/mol. The van der Waals surface area contributed by atoms with Crippen LogP contribution in [0.1, 0.15) is 58.4 Å². The van der Waals surface area contributed by atoms with Gasteiger partial charge in [-0.2, -0.15) is 0 Å². The van der Waals surface area contributed by atoms with Crippen molar-refractivity contribution in [2.75, 3.05) is 26.8 Å². The van der Waals surface area contributed by atoms with Crippen LogP contribution in [0.25, 0.3) is 0 Å². The zero-order valence-electron chi connectivity index (χ0n) is 21.3. The molecule has 35 heavy (non-hydrogen) atoms. The molecule has 1 unspecified atom stereocenters. The fourth-order valence-electron chi connectivity index (χ4n) is 4.63. The lowest BCUT2D eigenvalue weighted by molar-refractivity contribution is -0.0651. The molecule has 2 atom stereocenters. The van der Waals surface area contributed by atoms with Gasteiger partial charge in [-0.05, 0) is 71.1 Å². The number of para-hydroxylation sites is 1. The summed E-state index contributed by atoms with van der Waals surface area (Å²) in [5.74, 6) is 0.221. The molecule has 0 bridgehead atoms. The third-order valence-electron chi connectivity index (χ3n) is 6.28. The number of aliphatic hydroxyl groups is 1. The Labute approximate surface area is 208 Å². The van der Waals surface area contributed by atoms with Crippen molar-refractivity contribution in [2.24, 2.45) is 5.92 Å². The summed E-state index contributed by atoms with van der Waals surface area (Å²) in [6, 6.07) is 13.3. The second-order valence-corrected chi connectivity index (χ2v) is 10.2. The van der Waals surface area contributed by atoms with E-state index in [0.29, 0.717) is 43.2 Å². The summed E-state index contributed by atoms with van der Waals surface area (Å²) < 4.78 is 30.6. The van der Waals surface area contributed by atoms with Gasteiger partial charge in [0, 0.05) is 44.4 Å². The predicted octanol–water partition coefficient (Wildman–Crippen LogP) is 6.27. The van der Waals surface area contributed by atoms with Crippen LogP contribution in [0.2, 0.25) is 0 Å². The number of rotatable bonds is 9. The van der Waals surface area contributed by atoms with Gasteiger partial charge in [-0.1, -0.05) is 24.3 Å². The molecule has 1 aliphatic rings. The number of piperidine rings is 1. The highest BCUT2D eigenvalue weighted by atomic mass is 19.1. The Kier molecular flexibility index (Phi) is 9.14. The summed E-state index contributed by atoms with van der Waals surface area (Å²) in [4.78, 5) is 14.5. The molecule has 2 aromatic carbocycles. The zero-order valence-corrected chi connectivity index (χ0v) is 21.3. The summed E-state index contributed by atoms with van der Waals surface area (Å²) >= 11 is 0. The Hall–Kier alpha value is -2.64. The topological polar surface area (TPSA) is 68.2 Å². The molecule has 1 saturated heterocycles. The number of unbranched alkanes of at least 4 members (excludes halogenated alkanes) is 1. The van der Waals surface area contributed by atoms with Crippen molar-refractivity contribution in [3.8, 4) is 11.5 Å². The van der Waals surface area contributed by atoms with Gasteiger partial charge in [-0.3, -0.25) is 0 Å². The van der Waals surface area contributed by atoms with Gasteiger partial charge in [0.05, 0.1) is 5.60 Å². The first-order valence-electron chi connectivity index (χ1n) is 12.3. The molecule has 7 heteroatoms. The van der Waals surface area contributed by atoms with Crippen LogP contribution >= 0.6 is 0 Å². The monoisotopic (exact) mass is 487 g/mol. The van der Waals surface area contributed by atoms with E-state index in [2.05, 4.69) is 0 Å². The average Bonchev–Trinajstić information content (AvgIpc) is 2.81. The van der Waals surface area contributed by atoms with Gasteiger partial charge >= 0.3 is 6.09 Å². The van der Waals surface area contributed by atoms with Crippen LogP contribution in [-0.2, 0) is 15.1 Å². The number of amides is 1. The molecule has 0 saturated carbocycles. The Morgan fingerprint density at radius 2 is 1.91 bits per heavy atom. The van der Waals surface area contributed by atoms with Crippen molar-refractivity contribution in [3.05, 3.63) is 59.9 Å². The normalized spacial score (nSPS) is 18.1. The number of halogens is 1. The van der Waals surface area contributed by atoms with Crippen molar-refractivity contribution < 1.29 is 28.5 Å². The maximum atomic E-state index is 13.8. The highest BCUT2D eigenvalue weighted by Crippen LogP contribution is 2.44. The molecular weight excluding hydrogens is 449 g/mol. The fourth-order valence-corrected chi connectivity index (χ4v) is 4.63. The molecule has 0 spiro atoms. The first kappa shape index (κ1) is 27.0. The summed E-state index contributed by atoms with van der Waals surface area (Å²) in [6.07, 6.45) is 3.17. The van der Waals surface area contributed by atoms with Crippen molar-refractivity contribution in [1.29, 1.82) is 0 Å². The fraction of sp³-hybridized carbons (Fsp3) is 0.536. The SMILES string of the molecule is COCCCC[C@@](O)(c1ccccc1Oc1cccc(F)c1)C1CCCN(C(=O)OC(C)(C)C)C1. The number of ether oxygens (including phenoxy) is 3. The quantitative estimate of drug-likeness (QED) is 0.422. The number of methoxy groups -OCH3 is 1. The lowest BCUT2D eigenvalue weighted by Gasteiger charge is -2.43.